The highest BCUT2D eigenvalue weighted by molar-refractivity contribution is 7.71. The molecule has 1 heterocycles. The number of hydrogen-bond acceptors (Lipinski definition) is 3. The Morgan fingerprint density at radius 2 is 1.83 bits per heavy atom. The average molecular weight is 264 g/mol. The summed E-state index contributed by atoms with van der Waals surface area (Å²) in [6.45, 7) is 7.41. The Morgan fingerprint density at radius 3 is 2.50 bits per heavy atom. The lowest BCUT2D eigenvalue weighted by atomic mass is 10.3. The molecule has 4 heteroatoms. The zero-order valence-corrected chi connectivity index (χ0v) is 11.9. The molecule has 18 heavy (non-hydrogen) atoms. The summed E-state index contributed by atoms with van der Waals surface area (Å²) in [6, 6.07) is 8.02. The Kier molecular flexibility index (Phi) is 4.55. The van der Waals surface area contributed by atoms with Gasteiger partial charge in [-0.2, -0.15) is 0 Å². The van der Waals surface area contributed by atoms with E-state index in [1.165, 1.54) is 0 Å². The molecule has 0 fully saturated rings. The molecule has 0 unspecified atom stereocenters. The number of oxazole rings is 1. The first-order valence-corrected chi connectivity index (χ1v) is 6.97. The molecule has 0 amide bonds. The topological polar surface area (TPSA) is 21.3 Å². The number of benzene rings is 1. The lowest BCUT2D eigenvalue weighted by molar-refractivity contribution is 0.217. The third-order valence-corrected chi connectivity index (χ3v) is 3.30. The maximum Gasteiger partial charge on any atom is 0.270 e. The molecule has 0 N–H and O–H groups in total. The highest BCUT2D eigenvalue weighted by Crippen LogP contribution is 2.17. The van der Waals surface area contributed by atoms with E-state index >= 15 is 0 Å². The largest absolute Gasteiger partial charge is 0.429 e. The minimum absolute atomic E-state index is 0.563. The van der Waals surface area contributed by atoms with Crippen molar-refractivity contribution < 1.29 is 4.42 Å². The van der Waals surface area contributed by atoms with Gasteiger partial charge in [0.1, 0.15) is 0 Å². The normalized spacial score (nSPS) is 11.5. The van der Waals surface area contributed by atoms with Crippen molar-refractivity contribution in [1.82, 2.24) is 9.47 Å². The molecule has 0 saturated carbocycles. The summed E-state index contributed by atoms with van der Waals surface area (Å²) >= 11 is 5.31. The monoisotopic (exact) mass is 264 g/mol. The van der Waals surface area contributed by atoms with Crippen molar-refractivity contribution in [3.63, 3.8) is 0 Å². The van der Waals surface area contributed by atoms with Gasteiger partial charge < -0.3 is 4.42 Å². The Morgan fingerprint density at radius 1 is 1.17 bits per heavy atom. The van der Waals surface area contributed by atoms with E-state index in [9.17, 15) is 0 Å². The van der Waals surface area contributed by atoms with Gasteiger partial charge in [-0.3, -0.25) is 9.47 Å². The summed E-state index contributed by atoms with van der Waals surface area (Å²) in [5, 5.41) is 0. The molecule has 0 bridgehead atoms. The van der Waals surface area contributed by atoms with Crippen LogP contribution in [0.5, 0.6) is 0 Å². The molecule has 0 atom stereocenters. The van der Waals surface area contributed by atoms with Crippen LogP contribution >= 0.6 is 12.2 Å². The maximum atomic E-state index is 5.61. The van der Waals surface area contributed by atoms with Gasteiger partial charge in [0.25, 0.3) is 4.84 Å². The Balaban J connectivity index is 2.29. The van der Waals surface area contributed by atoms with Crippen LogP contribution < -0.4 is 0 Å². The van der Waals surface area contributed by atoms with Crippen LogP contribution in [-0.4, -0.2) is 22.6 Å². The molecule has 0 spiro atoms. The van der Waals surface area contributed by atoms with Crippen molar-refractivity contribution in [2.45, 2.75) is 33.4 Å². The minimum Gasteiger partial charge on any atom is -0.429 e. The third kappa shape index (κ3) is 2.82. The standard InChI is InChI=1S/C14H20N2OS/c1-3-9-15(10-4-2)11-16-12-7-5-6-8-13(12)17-14(16)18/h5-8H,3-4,9-11H2,1-2H3. The van der Waals surface area contributed by atoms with Gasteiger partial charge in [0.05, 0.1) is 12.2 Å². The van der Waals surface area contributed by atoms with E-state index in [0.717, 1.165) is 43.7 Å². The Hall–Kier alpha value is -1.13. The van der Waals surface area contributed by atoms with E-state index < -0.39 is 0 Å². The molecule has 1 aromatic carbocycles. The molecular weight excluding hydrogens is 244 g/mol. The van der Waals surface area contributed by atoms with Gasteiger partial charge in [-0.1, -0.05) is 26.0 Å². The van der Waals surface area contributed by atoms with E-state index in [-0.39, 0.29) is 0 Å². The van der Waals surface area contributed by atoms with Gasteiger partial charge in [0.2, 0.25) is 0 Å². The van der Waals surface area contributed by atoms with Crippen LogP contribution in [0, 0.1) is 4.84 Å². The van der Waals surface area contributed by atoms with Gasteiger partial charge >= 0.3 is 0 Å². The zero-order valence-electron chi connectivity index (χ0n) is 11.1. The first kappa shape index (κ1) is 13.3. The number of para-hydroxylation sites is 2. The molecule has 1 aromatic heterocycles. The lowest BCUT2D eigenvalue weighted by Crippen LogP contribution is -2.28. The number of aromatic nitrogens is 1. The first-order valence-electron chi connectivity index (χ1n) is 6.57. The molecule has 98 valence electrons. The summed E-state index contributed by atoms with van der Waals surface area (Å²) in [5.74, 6) is 0. The first-order chi connectivity index (χ1) is 8.76. The minimum atomic E-state index is 0.563. The fraction of sp³-hybridized carbons (Fsp3) is 0.500. The summed E-state index contributed by atoms with van der Waals surface area (Å²) in [6.07, 6.45) is 2.31. The van der Waals surface area contributed by atoms with Gasteiger partial charge in [0.15, 0.2) is 5.58 Å². The maximum absolute atomic E-state index is 5.61. The van der Waals surface area contributed by atoms with Crippen molar-refractivity contribution in [3.05, 3.63) is 29.1 Å². The second kappa shape index (κ2) is 6.16. The predicted octanol–water partition coefficient (Wildman–Crippen LogP) is 4.04. The highest BCUT2D eigenvalue weighted by atomic mass is 32.1. The smallest absolute Gasteiger partial charge is 0.270 e. The van der Waals surface area contributed by atoms with Crippen LogP contribution in [0.15, 0.2) is 28.7 Å². The molecule has 0 radical (unpaired) electrons. The van der Waals surface area contributed by atoms with Gasteiger partial charge in [-0.25, -0.2) is 0 Å². The van der Waals surface area contributed by atoms with E-state index in [4.69, 9.17) is 16.6 Å². The summed E-state index contributed by atoms with van der Waals surface area (Å²) < 4.78 is 7.69. The van der Waals surface area contributed by atoms with Crippen LogP contribution in [0.4, 0.5) is 0 Å². The fourth-order valence-electron chi connectivity index (χ4n) is 2.23. The van der Waals surface area contributed by atoms with Crippen molar-refractivity contribution in [3.8, 4) is 0 Å². The van der Waals surface area contributed by atoms with Gasteiger partial charge in [-0.15, -0.1) is 0 Å². The number of rotatable bonds is 6. The SMILES string of the molecule is CCCN(CCC)Cn1c(=S)oc2ccccc21. The van der Waals surface area contributed by atoms with Crippen LogP contribution in [0.2, 0.25) is 0 Å². The lowest BCUT2D eigenvalue weighted by Gasteiger charge is -2.21. The van der Waals surface area contributed by atoms with Gasteiger partial charge in [-0.05, 0) is 50.3 Å². The number of fused-ring (bicyclic) bond motifs is 1. The van der Waals surface area contributed by atoms with E-state index in [2.05, 4.69) is 29.4 Å². The van der Waals surface area contributed by atoms with Crippen molar-refractivity contribution in [2.75, 3.05) is 13.1 Å². The average Bonchev–Trinajstić information content (AvgIpc) is 2.67. The molecule has 0 aliphatic carbocycles. The van der Waals surface area contributed by atoms with Crippen LogP contribution in [0.25, 0.3) is 11.1 Å². The van der Waals surface area contributed by atoms with E-state index in [1.54, 1.807) is 0 Å². The molecule has 2 rings (SSSR count). The van der Waals surface area contributed by atoms with Crippen LogP contribution in [0.3, 0.4) is 0 Å². The van der Waals surface area contributed by atoms with Crippen LogP contribution in [0.1, 0.15) is 26.7 Å². The molecule has 0 saturated heterocycles. The van der Waals surface area contributed by atoms with Gasteiger partial charge in [0, 0.05) is 0 Å². The second-order valence-electron chi connectivity index (χ2n) is 4.52. The Bertz CT molecular complexity index is 552. The van der Waals surface area contributed by atoms with Crippen molar-refractivity contribution >= 4 is 23.3 Å². The van der Waals surface area contributed by atoms with Crippen molar-refractivity contribution in [1.29, 1.82) is 0 Å². The van der Waals surface area contributed by atoms with Crippen LogP contribution in [-0.2, 0) is 6.67 Å². The Labute approximate surface area is 113 Å². The number of hydrogen-bond donors (Lipinski definition) is 0. The predicted molar refractivity (Wildman–Crippen MR) is 77.2 cm³/mol. The molecule has 3 nitrogen and oxygen atoms in total. The zero-order chi connectivity index (χ0) is 13.0. The highest BCUT2D eigenvalue weighted by Gasteiger charge is 2.09. The van der Waals surface area contributed by atoms with E-state index in [0.29, 0.717) is 4.84 Å². The summed E-state index contributed by atoms with van der Waals surface area (Å²) in [4.78, 5) is 2.98. The molecule has 0 aliphatic rings. The molecule has 2 aromatic rings. The fourth-order valence-corrected chi connectivity index (χ4v) is 2.48. The number of nitrogens with zero attached hydrogens (tertiary/aromatic N) is 2. The third-order valence-electron chi connectivity index (χ3n) is 2.99. The molecule has 0 aliphatic heterocycles. The molecular formula is C14H20N2OS. The van der Waals surface area contributed by atoms with Crippen molar-refractivity contribution in [2.24, 2.45) is 0 Å². The van der Waals surface area contributed by atoms with E-state index in [1.807, 2.05) is 18.2 Å². The summed E-state index contributed by atoms with van der Waals surface area (Å²) in [7, 11) is 0. The summed E-state index contributed by atoms with van der Waals surface area (Å²) in [5.41, 5.74) is 1.95. The second-order valence-corrected chi connectivity index (χ2v) is 4.87. The quantitative estimate of drug-likeness (QED) is 0.735.